The van der Waals surface area contributed by atoms with Crippen LogP contribution >= 0.6 is 0 Å². The van der Waals surface area contributed by atoms with Crippen LogP contribution in [0.15, 0.2) is 24.3 Å². The Morgan fingerprint density at radius 3 is 2.50 bits per heavy atom. The van der Waals surface area contributed by atoms with E-state index in [1.165, 1.54) is 14.0 Å². The minimum Gasteiger partial charge on any atom is -0.495 e. The number of benzene rings is 1. The number of para-hydroxylation sites is 2. The van der Waals surface area contributed by atoms with Gasteiger partial charge in [-0.25, -0.2) is 4.79 Å². The molecular formula is C21H29N3O6. The molecule has 0 bridgehead atoms. The number of urea groups is 1. The fourth-order valence-corrected chi connectivity index (χ4v) is 3.04. The third kappa shape index (κ3) is 5.49. The van der Waals surface area contributed by atoms with Crippen LogP contribution < -0.4 is 15.4 Å². The lowest BCUT2D eigenvalue weighted by Crippen LogP contribution is -2.44. The minimum absolute atomic E-state index is 0.369. The van der Waals surface area contributed by atoms with Gasteiger partial charge in [0.25, 0.3) is 11.8 Å². The van der Waals surface area contributed by atoms with Crippen LogP contribution in [-0.2, 0) is 19.1 Å². The molecule has 0 saturated carbocycles. The first kappa shape index (κ1) is 23.2. The summed E-state index contributed by atoms with van der Waals surface area (Å²) in [6, 6.07) is 6.17. The Bertz CT molecular complexity index is 825. The summed E-state index contributed by atoms with van der Waals surface area (Å²) in [5, 5.41) is 5.27. The lowest BCUT2D eigenvalue weighted by molar-refractivity contribution is -0.155. The highest BCUT2D eigenvalue weighted by atomic mass is 16.5. The van der Waals surface area contributed by atoms with E-state index in [-0.39, 0.29) is 0 Å². The van der Waals surface area contributed by atoms with E-state index in [1.807, 2.05) is 13.8 Å². The van der Waals surface area contributed by atoms with E-state index in [1.54, 1.807) is 31.2 Å². The Balaban J connectivity index is 1.93. The second-order valence-corrected chi connectivity index (χ2v) is 7.91. The number of nitrogens with zero attached hydrogens (tertiary/aromatic N) is 1. The molecule has 30 heavy (non-hydrogen) atoms. The Kier molecular flexibility index (Phi) is 7.42. The molecule has 9 nitrogen and oxygen atoms in total. The Hall–Kier alpha value is -3.10. The quantitative estimate of drug-likeness (QED) is 0.469. The van der Waals surface area contributed by atoms with E-state index in [0.29, 0.717) is 23.8 Å². The van der Waals surface area contributed by atoms with E-state index in [0.717, 1.165) is 11.3 Å². The smallest absolute Gasteiger partial charge is 0.327 e. The monoisotopic (exact) mass is 419 g/mol. The highest BCUT2D eigenvalue weighted by Gasteiger charge is 2.48. The first-order valence-corrected chi connectivity index (χ1v) is 9.85. The second kappa shape index (κ2) is 9.60. The highest BCUT2D eigenvalue weighted by Crippen LogP contribution is 2.25. The number of carbonyl (C=O) groups excluding carboxylic acids is 4. The SMILES string of the molecule is COc1ccccc1NC(=O)[C@H](C)OC(=O)CN1C(=O)N[C@@](C)(CCC(C)C)C1=O. The van der Waals surface area contributed by atoms with Gasteiger partial charge < -0.3 is 20.1 Å². The van der Waals surface area contributed by atoms with E-state index < -0.39 is 42.0 Å². The molecule has 1 aliphatic rings. The zero-order valence-electron chi connectivity index (χ0n) is 18.0. The summed E-state index contributed by atoms with van der Waals surface area (Å²) >= 11 is 0. The van der Waals surface area contributed by atoms with Crippen molar-refractivity contribution in [3.63, 3.8) is 0 Å². The number of methoxy groups -OCH3 is 1. The maximum Gasteiger partial charge on any atom is 0.327 e. The molecule has 1 fully saturated rings. The molecule has 2 rings (SSSR count). The van der Waals surface area contributed by atoms with Gasteiger partial charge in [-0.1, -0.05) is 26.0 Å². The molecule has 0 aromatic heterocycles. The van der Waals surface area contributed by atoms with Crippen molar-refractivity contribution in [2.75, 3.05) is 19.0 Å². The first-order chi connectivity index (χ1) is 14.1. The van der Waals surface area contributed by atoms with Crippen LogP contribution in [-0.4, -0.2) is 54.0 Å². The van der Waals surface area contributed by atoms with Crippen molar-refractivity contribution < 1.29 is 28.7 Å². The van der Waals surface area contributed by atoms with Crippen LogP contribution in [0.2, 0.25) is 0 Å². The molecule has 2 atom stereocenters. The Morgan fingerprint density at radius 2 is 1.87 bits per heavy atom. The van der Waals surface area contributed by atoms with Crippen LogP contribution in [0.25, 0.3) is 0 Å². The minimum atomic E-state index is -1.13. The number of anilines is 1. The predicted octanol–water partition coefficient (Wildman–Crippen LogP) is 2.31. The van der Waals surface area contributed by atoms with E-state index in [2.05, 4.69) is 10.6 Å². The fourth-order valence-electron chi connectivity index (χ4n) is 3.04. The molecule has 0 unspecified atom stereocenters. The summed E-state index contributed by atoms with van der Waals surface area (Å²) in [5.74, 6) is -1.06. The number of rotatable bonds is 9. The molecule has 1 aromatic carbocycles. The van der Waals surface area contributed by atoms with Crippen LogP contribution in [0.4, 0.5) is 10.5 Å². The Labute approximate surface area is 176 Å². The second-order valence-electron chi connectivity index (χ2n) is 7.91. The number of hydrogen-bond donors (Lipinski definition) is 2. The van der Waals surface area contributed by atoms with Gasteiger partial charge in [0.15, 0.2) is 6.10 Å². The topological polar surface area (TPSA) is 114 Å². The van der Waals surface area contributed by atoms with Crippen molar-refractivity contribution in [3.05, 3.63) is 24.3 Å². The molecule has 0 aliphatic carbocycles. The number of amides is 4. The molecule has 1 heterocycles. The maximum atomic E-state index is 12.7. The van der Waals surface area contributed by atoms with Gasteiger partial charge in [-0.2, -0.15) is 0 Å². The summed E-state index contributed by atoms with van der Waals surface area (Å²) in [6.07, 6.45) is 0.0925. The van der Waals surface area contributed by atoms with Crippen molar-refractivity contribution in [2.24, 2.45) is 5.92 Å². The maximum absolute atomic E-state index is 12.7. The predicted molar refractivity (Wildman–Crippen MR) is 110 cm³/mol. The van der Waals surface area contributed by atoms with E-state index >= 15 is 0 Å². The number of carbonyl (C=O) groups is 4. The van der Waals surface area contributed by atoms with Gasteiger partial charge in [0.05, 0.1) is 12.8 Å². The fraction of sp³-hybridized carbons (Fsp3) is 0.524. The van der Waals surface area contributed by atoms with Crippen molar-refractivity contribution in [1.29, 1.82) is 0 Å². The average Bonchev–Trinajstić information content (AvgIpc) is 2.90. The number of ether oxygens (including phenoxy) is 2. The Morgan fingerprint density at radius 1 is 1.20 bits per heavy atom. The van der Waals surface area contributed by atoms with Crippen molar-refractivity contribution in [1.82, 2.24) is 10.2 Å². The molecule has 9 heteroatoms. The summed E-state index contributed by atoms with van der Waals surface area (Å²) < 4.78 is 10.3. The van der Waals surface area contributed by atoms with Gasteiger partial charge in [0, 0.05) is 0 Å². The van der Waals surface area contributed by atoms with Gasteiger partial charge in [-0.05, 0) is 44.7 Å². The molecule has 0 spiro atoms. The van der Waals surface area contributed by atoms with Gasteiger partial charge in [0.2, 0.25) is 0 Å². The van der Waals surface area contributed by atoms with Gasteiger partial charge in [0.1, 0.15) is 17.8 Å². The lowest BCUT2D eigenvalue weighted by atomic mass is 9.92. The number of nitrogens with one attached hydrogen (secondary N) is 2. The van der Waals surface area contributed by atoms with E-state index in [4.69, 9.17) is 9.47 Å². The van der Waals surface area contributed by atoms with Crippen molar-refractivity contribution in [3.8, 4) is 5.75 Å². The number of esters is 1. The molecule has 4 amide bonds. The number of hydrogen-bond acceptors (Lipinski definition) is 6. The molecule has 2 N–H and O–H groups in total. The summed E-state index contributed by atoms with van der Waals surface area (Å²) in [4.78, 5) is 50.3. The van der Waals surface area contributed by atoms with Crippen LogP contribution in [0.1, 0.15) is 40.5 Å². The van der Waals surface area contributed by atoms with Crippen molar-refractivity contribution >= 4 is 29.5 Å². The van der Waals surface area contributed by atoms with E-state index in [9.17, 15) is 19.2 Å². The van der Waals surface area contributed by atoms with Gasteiger partial charge >= 0.3 is 12.0 Å². The first-order valence-electron chi connectivity index (χ1n) is 9.85. The van der Waals surface area contributed by atoms with Crippen LogP contribution in [0.3, 0.4) is 0 Å². The van der Waals surface area contributed by atoms with Crippen LogP contribution in [0.5, 0.6) is 5.75 Å². The summed E-state index contributed by atoms with van der Waals surface area (Å²) in [7, 11) is 1.47. The summed E-state index contributed by atoms with van der Waals surface area (Å²) in [5.41, 5.74) is -0.614. The van der Waals surface area contributed by atoms with Gasteiger partial charge in [-0.15, -0.1) is 0 Å². The van der Waals surface area contributed by atoms with Crippen molar-refractivity contribution in [2.45, 2.75) is 52.2 Å². The standard InChI is InChI=1S/C21H29N3O6/c1-13(2)10-11-21(4)19(27)24(20(28)23-21)12-17(25)30-14(3)18(26)22-15-8-6-7-9-16(15)29-5/h6-9,13-14H,10-12H2,1-5H3,(H,22,26)(H,23,28)/t14-,21-/m0/s1. The average molecular weight is 419 g/mol. The van der Waals surface area contributed by atoms with Gasteiger partial charge in [-0.3, -0.25) is 19.3 Å². The highest BCUT2D eigenvalue weighted by molar-refractivity contribution is 6.08. The summed E-state index contributed by atoms with van der Waals surface area (Å²) in [6.45, 7) is 6.54. The largest absolute Gasteiger partial charge is 0.495 e. The zero-order valence-corrected chi connectivity index (χ0v) is 18.0. The number of imide groups is 1. The molecular weight excluding hydrogens is 390 g/mol. The molecule has 0 radical (unpaired) electrons. The molecule has 1 saturated heterocycles. The molecule has 164 valence electrons. The normalized spacial score (nSPS) is 19.5. The third-order valence-corrected chi connectivity index (χ3v) is 4.90. The zero-order chi connectivity index (χ0) is 22.5. The lowest BCUT2D eigenvalue weighted by Gasteiger charge is -2.22. The molecule has 1 aliphatic heterocycles. The van der Waals surface area contributed by atoms with Crippen LogP contribution in [0, 0.1) is 5.92 Å². The third-order valence-electron chi connectivity index (χ3n) is 4.90. The molecule has 1 aromatic rings.